The van der Waals surface area contributed by atoms with Crippen molar-refractivity contribution < 1.29 is 14.3 Å². The number of nitrogens with one attached hydrogen (secondary N) is 1. The molecule has 5 nitrogen and oxygen atoms in total. The number of methoxy groups -OCH3 is 1. The first kappa shape index (κ1) is 20.9. The summed E-state index contributed by atoms with van der Waals surface area (Å²) < 4.78 is 11.0. The third kappa shape index (κ3) is 4.99. The van der Waals surface area contributed by atoms with Crippen LogP contribution < -0.4 is 14.8 Å². The molecule has 0 fully saturated rings. The van der Waals surface area contributed by atoms with Gasteiger partial charge in [-0.1, -0.05) is 19.9 Å². The Morgan fingerprint density at radius 1 is 1.41 bits per heavy atom. The van der Waals surface area contributed by atoms with Crippen LogP contribution in [0.25, 0.3) is 6.08 Å². The van der Waals surface area contributed by atoms with Crippen LogP contribution in [0.2, 0.25) is 0 Å². The summed E-state index contributed by atoms with van der Waals surface area (Å²) in [7, 11) is 1.59. The number of amides is 1. The van der Waals surface area contributed by atoms with Crippen LogP contribution in [0, 0.1) is 17.2 Å². The zero-order valence-corrected chi connectivity index (χ0v) is 17.9. The van der Waals surface area contributed by atoms with Gasteiger partial charge in [-0.2, -0.15) is 5.26 Å². The molecule has 1 unspecified atom stereocenters. The van der Waals surface area contributed by atoms with Gasteiger partial charge in [0.25, 0.3) is 0 Å². The average Bonchev–Trinajstić information content (AvgIpc) is 3.06. The van der Waals surface area contributed by atoms with E-state index in [0.29, 0.717) is 34.6 Å². The highest BCUT2D eigenvalue weighted by molar-refractivity contribution is 7.16. The molecule has 0 saturated carbocycles. The molecule has 0 spiro atoms. The van der Waals surface area contributed by atoms with Crippen LogP contribution in [-0.2, 0) is 17.6 Å². The van der Waals surface area contributed by atoms with Gasteiger partial charge in [0.1, 0.15) is 11.1 Å². The van der Waals surface area contributed by atoms with Gasteiger partial charge in [-0.05, 0) is 60.9 Å². The minimum absolute atomic E-state index is 0.251. The van der Waals surface area contributed by atoms with Gasteiger partial charge in [0.05, 0.1) is 19.3 Å². The molecule has 0 aliphatic heterocycles. The molecule has 152 valence electrons. The predicted molar refractivity (Wildman–Crippen MR) is 117 cm³/mol. The molecular weight excluding hydrogens is 384 g/mol. The molecule has 1 aromatic heterocycles. The Morgan fingerprint density at radius 2 is 2.24 bits per heavy atom. The number of thiophene rings is 1. The van der Waals surface area contributed by atoms with Crippen molar-refractivity contribution in [3.63, 3.8) is 0 Å². The molecule has 2 aromatic rings. The lowest BCUT2D eigenvalue weighted by Gasteiger charge is -2.17. The van der Waals surface area contributed by atoms with Crippen molar-refractivity contribution in [2.24, 2.45) is 5.92 Å². The number of fused-ring (bicyclic) bond motifs is 1. The topological polar surface area (TPSA) is 71.3 Å². The molecule has 1 aliphatic carbocycles. The van der Waals surface area contributed by atoms with Crippen LogP contribution in [0.15, 0.2) is 24.3 Å². The Bertz CT molecular complexity index is 956. The van der Waals surface area contributed by atoms with Gasteiger partial charge in [0, 0.05) is 11.0 Å². The monoisotopic (exact) mass is 410 g/mol. The second-order valence-corrected chi connectivity index (χ2v) is 8.35. The summed E-state index contributed by atoms with van der Waals surface area (Å²) in [5.74, 6) is 1.69. The maximum atomic E-state index is 12.4. The van der Waals surface area contributed by atoms with E-state index in [9.17, 15) is 10.1 Å². The SMILES string of the molecule is CCCOc1ccc(C=CC(=O)Nc2sc3c(c2C#N)CCC(C)C3)cc1OC. The summed E-state index contributed by atoms with van der Waals surface area (Å²) >= 11 is 1.53. The summed E-state index contributed by atoms with van der Waals surface area (Å²) in [6.45, 7) is 4.89. The summed E-state index contributed by atoms with van der Waals surface area (Å²) in [4.78, 5) is 13.7. The van der Waals surface area contributed by atoms with Crippen molar-refractivity contribution in [3.8, 4) is 17.6 Å². The Morgan fingerprint density at radius 3 is 2.97 bits per heavy atom. The van der Waals surface area contributed by atoms with Gasteiger partial charge in [0.15, 0.2) is 11.5 Å². The molecule has 6 heteroatoms. The van der Waals surface area contributed by atoms with E-state index in [-0.39, 0.29) is 5.91 Å². The third-order valence-electron chi connectivity index (χ3n) is 4.94. The van der Waals surface area contributed by atoms with Gasteiger partial charge in [-0.15, -0.1) is 11.3 Å². The maximum Gasteiger partial charge on any atom is 0.249 e. The molecular formula is C23H26N2O3S. The van der Waals surface area contributed by atoms with Crippen LogP contribution in [0.4, 0.5) is 5.00 Å². The number of benzene rings is 1. The molecule has 29 heavy (non-hydrogen) atoms. The van der Waals surface area contributed by atoms with Gasteiger partial charge in [-0.25, -0.2) is 0 Å². The van der Waals surface area contributed by atoms with Crippen LogP contribution >= 0.6 is 11.3 Å². The number of hydrogen-bond donors (Lipinski definition) is 1. The molecule has 0 bridgehead atoms. The number of anilines is 1. The fourth-order valence-electron chi connectivity index (χ4n) is 3.40. The highest BCUT2D eigenvalue weighted by Crippen LogP contribution is 2.39. The van der Waals surface area contributed by atoms with Gasteiger partial charge >= 0.3 is 0 Å². The van der Waals surface area contributed by atoms with Gasteiger partial charge in [0.2, 0.25) is 5.91 Å². The van der Waals surface area contributed by atoms with Crippen molar-refractivity contribution >= 4 is 28.3 Å². The van der Waals surface area contributed by atoms with Crippen LogP contribution in [0.5, 0.6) is 11.5 Å². The summed E-state index contributed by atoms with van der Waals surface area (Å²) in [6, 6.07) is 7.83. The first-order valence-corrected chi connectivity index (χ1v) is 10.7. The zero-order chi connectivity index (χ0) is 20.8. The van der Waals surface area contributed by atoms with E-state index < -0.39 is 0 Å². The quantitative estimate of drug-likeness (QED) is 0.637. The second-order valence-electron chi connectivity index (χ2n) is 7.25. The molecule has 1 aliphatic rings. The Hall–Kier alpha value is -2.78. The van der Waals surface area contributed by atoms with E-state index in [1.165, 1.54) is 22.3 Å². The van der Waals surface area contributed by atoms with E-state index in [1.807, 2.05) is 25.1 Å². The lowest BCUT2D eigenvalue weighted by Crippen LogP contribution is -2.10. The van der Waals surface area contributed by atoms with E-state index >= 15 is 0 Å². The Balaban J connectivity index is 1.71. The first-order chi connectivity index (χ1) is 14.0. The lowest BCUT2D eigenvalue weighted by molar-refractivity contribution is -0.111. The number of nitriles is 1. The molecule has 1 amide bonds. The molecule has 3 rings (SSSR count). The van der Waals surface area contributed by atoms with Crippen molar-refractivity contribution in [1.82, 2.24) is 0 Å². The van der Waals surface area contributed by atoms with Gasteiger partial charge in [-0.3, -0.25) is 4.79 Å². The predicted octanol–water partition coefficient (Wildman–Crippen LogP) is 5.19. The van der Waals surface area contributed by atoms with Crippen molar-refractivity contribution in [2.45, 2.75) is 39.5 Å². The van der Waals surface area contributed by atoms with E-state index in [2.05, 4.69) is 18.3 Å². The fourth-order valence-corrected chi connectivity index (χ4v) is 4.77. The second kappa shape index (κ2) is 9.62. The maximum absolute atomic E-state index is 12.4. The smallest absolute Gasteiger partial charge is 0.249 e. The van der Waals surface area contributed by atoms with Gasteiger partial charge < -0.3 is 14.8 Å². The summed E-state index contributed by atoms with van der Waals surface area (Å²) in [5.41, 5.74) is 2.57. The molecule has 1 heterocycles. The van der Waals surface area contributed by atoms with Crippen LogP contribution in [0.1, 0.15) is 48.3 Å². The third-order valence-corrected chi connectivity index (χ3v) is 6.11. The summed E-state index contributed by atoms with van der Waals surface area (Å²) in [6.07, 6.45) is 7.10. The molecule has 0 saturated heterocycles. The number of nitrogens with zero attached hydrogens (tertiary/aromatic N) is 1. The number of carbonyl (C=O) groups excluding carboxylic acids is 1. The molecule has 1 atom stereocenters. The lowest BCUT2D eigenvalue weighted by atomic mass is 9.89. The number of ether oxygens (including phenoxy) is 2. The zero-order valence-electron chi connectivity index (χ0n) is 17.1. The Labute approximate surface area is 176 Å². The van der Waals surface area contributed by atoms with Crippen molar-refractivity contribution in [3.05, 3.63) is 45.8 Å². The fraction of sp³-hybridized carbons (Fsp3) is 0.391. The average molecular weight is 411 g/mol. The van der Waals surface area contributed by atoms with Crippen molar-refractivity contribution in [2.75, 3.05) is 19.0 Å². The van der Waals surface area contributed by atoms with Crippen LogP contribution in [0.3, 0.4) is 0 Å². The van der Waals surface area contributed by atoms with E-state index in [4.69, 9.17) is 9.47 Å². The minimum atomic E-state index is -0.251. The molecule has 1 aromatic carbocycles. The standard InChI is InChI=1S/C23H26N2O3S/c1-4-11-28-19-9-6-16(13-20(19)27-3)7-10-22(26)25-23-18(14-24)17-8-5-15(2)12-21(17)29-23/h6-7,9-10,13,15H,4-5,8,11-12H2,1-3H3,(H,25,26). The normalized spacial score (nSPS) is 15.6. The highest BCUT2D eigenvalue weighted by Gasteiger charge is 2.24. The van der Waals surface area contributed by atoms with Crippen molar-refractivity contribution in [1.29, 1.82) is 5.26 Å². The minimum Gasteiger partial charge on any atom is -0.493 e. The molecule has 1 N–H and O–H groups in total. The number of rotatable bonds is 7. The van der Waals surface area contributed by atoms with Crippen LogP contribution in [-0.4, -0.2) is 19.6 Å². The number of carbonyl (C=O) groups is 1. The van der Waals surface area contributed by atoms with E-state index in [1.54, 1.807) is 13.2 Å². The largest absolute Gasteiger partial charge is 0.493 e. The summed E-state index contributed by atoms with van der Waals surface area (Å²) in [5, 5.41) is 13.1. The Kier molecular flexibility index (Phi) is 6.95. The van der Waals surface area contributed by atoms with E-state index in [0.717, 1.165) is 36.8 Å². The molecule has 0 radical (unpaired) electrons. The first-order valence-electron chi connectivity index (χ1n) is 9.90. The highest BCUT2D eigenvalue weighted by atomic mass is 32.1. The number of hydrogen-bond acceptors (Lipinski definition) is 5.